The molecule has 0 saturated heterocycles. The summed E-state index contributed by atoms with van der Waals surface area (Å²) < 4.78 is 5.66. The van der Waals surface area contributed by atoms with E-state index in [2.05, 4.69) is 0 Å². The second kappa shape index (κ2) is 6.64. The number of carboxylic acids is 1. The van der Waals surface area contributed by atoms with Gasteiger partial charge in [0.2, 0.25) is 0 Å². The molecule has 1 N–H and O–H groups in total. The molecule has 0 saturated carbocycles. The number of carbonyl (C=O) groups is 1. The largest absolute Gasteiger partial charge is 0.478 e. The van der Waals surface area contributed by atoms with E-state index in [9.17, 15) is 9.90 Å². The molecule has 2 rings (SSSR count). The molecule has 2 aromatic rings. The van der Waals surface area contributed by atoms with E-state index in [4.69, 9.17) is 16.3 Å². The topological polar surface area (TPSA) is 46.5 Å². The van der Waals surface area contributed by atoms with E-state index in [-0.39, 0.29) is 0 Å². The van der Waals surface area contributed by atoms with Crippen molar-refractivity contribution in [1.82, 2.24) is 0 Å². The maximum absolute atomic E-state index is 11.4. The van der Waals surface area contributed by atoms with Gasteiger partial charge in [-0.25, -0.2) is 4.79 Å². The van der Waals surface area contributed by atoms with Gasteiger partial charge in [-0.3, -0.25) is 0 Å². The van der Waals surface area contributed by atoms with Crippen molar-refractivity contribution in [2.75, 3.05) is 0 Å². The fraction of sp³-hybridized carbons (Fsp3) is 0.235. The van der Waals surface area contributed by atoms with Gasteiger partial charge >= 0.3 is 5.97 Å². The fourth-order valence-corrected chi connectivity index (χ4v) is 2.34. The smallest absolute Gasteiger partial charge is 0.345 e. The van der Waals surface area contributed by atoms with Crippen molar-refractivity contribution in [3.05, 3.63) is 64.2 Å². The zero-order chi connectivity index (χ0) is 15.4. The van der Waals surface area contributed by atoms with E-state index in [1.807, 2.05) is 44.2 Å². The minimum Gasteiger partial charge on any atom is -0.478 e. The summed E-state index contributed by atoms with van der Waals surface area (Å²) >= 11 is 5.92. The number of hydrogen-bond donors (Lipinski definition) is 1. The molecule has 0 aromatic heterocycles. The lowest BCUT2D eigenvalue weighted by Gasteiger charge is -2.17. The molecule has 3 nitrogen and oxygen atoms in total. The highest BCUT2D eigenvalue weighted by Crippen LogP contribution is 2.21. The zero-order valence-corrected chi connectivity index (χ0v) is 12.7. The van der Waals surface area contributed by atoms with E-state index in [1.54, 1.807) is 12.1 Å². The molecule has 0 heterocycles. The predicted octanol–water partition coefficient (Wildman–Crippen LogP) is 4.03. The van der Waals surface area contributed by atoms with Crippen LogP contribution in [-0.2, 0) is 11.2 Å². The molecule has 0 aliphatic carbocycles. The summed E-state index contributed by atoms with van der Waals surface area (Å²) in [6.07, 6.45) is -0.627. The van der Waals surface area contributed by atoms with E-state index in [0.29, 0.717) is 17.2 Å². The van der Waals surface area contributed by atoms with Crippen molar-refractivity contribution in [1.29, 1.82) is 0 Å². The SMILES string of the molecule is Cc1cc(Cl)ccc1C[C@H](Oc1ccccc1C)C(=O)O. The van der Waals surface area contributed by atoms with Crippen LogP contribution in [0.2, 0.25) is 5.02 Å². The van der Waals surface area contributed by atoms with Crippen molar-refractivity contribution in [2.24, 2.45) is 0 Å². The molecule has 21 heavy (non-hydrogen) atoms. The summed E-state index contributed by atoms with van der Waals surface area (Å²) in [6.45, 7) is 3.80. The highest BCUT2D eigenvalue weighted by atomic mass is 35.5. The van der Waals surface area contributed by atoms with E-state index in [1.165, 1.54) is 0 Å². The molecule has 1 atom stereocenters. The maximum Gasteiger partial charge on any atom is 0.345 e. The summed E-state index contributed by atoms with van der Waals surface area (Å²) in [5.41, 5.74) is 2.79. The molecule has 4 heteroatoms. The summed E-state index contributed by atoms with van der Waals surface area (Å²) in [4.78, 5) is 11.4. The lowest BCUT2D eigenvalue weighted by Crippen LogP contribution is -2.30. The Morgan fingerprint density at radius 2 is 1.90 bits per heavy atom. The second-order valence-electron chi connectivity index (χ2n) is 4.99. The van der Waals surface area contributed by atoms with Crippen LogP contribution in [0.3, 0.4) is 0 Å². The van der Waals surface area contributed by atoms with Gasteiger partial charge in [-0.05, 0) is 48.7 Å². The maximum atomic E-state index is 11.4. The van der Waals surface area contributed by atoms with Crippen molar-refractivity contribution >= 4 is 17.6 Å². The summed E-state index contributed by atoms with van der Waals surface area (Å²) in [5.74, 6) is -0.385. The number of aryl methyl sites for hydroxylation is 2. The zero-order valence-electron chi connectivity index (χ0n) is 12.0. The predicted molar refractivity (Wildman–Crippen MR) is 83.1 cm³/mol. The average molecular weight is 305 g/mol. The molecule has 0 fully saturated rings. The fourth-order valence-electron chi connectivity index (χ4n) is 2.11. The van der Waals surface area contributed by atoms with Crippen LogP contribution in [0, 0.1) is 13.8 Å². The summed E-state index contributed by atoms with van der Waals surface area (Å²) in [5, 5.41) is 10.0. The first-order chi connectivity index (χ1) is 9.97. The van der Waals surface area contributed by atoms with Gasteiger partial charge in [0.1, 0.15) is 5.75 Å². The van der Waals surface area contributed by atoms with Crippen molar-refractivity contribution in [3.63, 3.8) is 0 Å². The van der Waals surface area contributed by atoms with Gasteiger partial charge in [0, 0.05) is 11.4 Å². The Morgan fingerprint density at radius 3 is 2.52 bits per heavy atom. The third-order valence-electron chi connectivity index (χ3n) is 3.35. The van der Waals surface area contributed by atoms with Crippen molar-refractivity contribution < 1.29 is 14.6 Å². The van der Waals surface area contributed by atoms with Gasteiger partial charge in [-0.15, -0.1) is 0 Å². The lowest BCUT2D eigenvalue weighted by molar-refractivity contribution is -0.145. The van der Waals surface area contributed by atoms with Crippen molar-refractivity contribution in [3.8, 4) is 5.75 Å². The average Bonchev–Trinajstić information content (AvgIpc) is 2.42. The van der Waals surface area contributed by atoms with Crippen LogP contribution in [0.15, 0.2) is 42.5 Å². The van der Waals surface area contributed by atoms with E-state index in [0.717, 1.165) is 16.7 Å². The van der Waals surface area contributed by atoms with E-state index >= 15 is 0 Å². The highest BCUT2D eigenvalue weighted by molar-refractivity contribution is 6.30. The molecule has 0 amide bonds. The molecule has 2 aromatic carbocycles. The molecule has 110 valence electrons. The Labute approximate surface area is 129 Å². The Bertz CT molecular complexity index is 652. The molecule has 0 aliphatic heterocycles. The van der Waals surface area contributed by atoms with Crippen LogP contribution in [0.5, 0.6) is 5.75 Å². The summed E-state index contributed by atoms with van der Waals surface area (Å²) in [6, 6.07) is 12.8. The van der Waals surface area contributed by atoms with Gasteiger partial charge in [-0.2, -0.15) is 0 Å². The number of carboxylic acid groups (broad SMARTS) is 1. The number of halogens is 1. The van der Waals surface area contributed by atoms with Gasteiger partial charge < -0.3 is 9.84 Å². The number of ether oxygens (including phenoxy) is 1. The van der Waals surface area contributed by atoms with Crippen LogP contribution in [0.1, 0.15) is 16.7 Å². The van der Waals surface area contributed by atoms with Gasteiger partial charge in [-0.1, -0.05) is 35.9 Å². The van der Waals surface area contributed by atoms with E-state index < -0.39 is 12.1 Å². The quantitative estimate of drug-likeness (QED) is 0.907. The molecule has 0 spiro atoms. The van der Waals surface area contributed by atoms with Crippen LogP contribution in [0.4, 0.5) is 0 Å². The third-order valence-corrected chi connectivity index (χ3v) is 3.58. The Morgan fingerprint density at radius 1 is 1.19 bits per heavy atom. The standard InChI is InChI=1S/C17H17ClO3/c1-11-5-3-4-6-15(11)21-16(17(19)20)10-13-7-8-14(18)9-12(13)2/h3-9,16H,10H2,1-2H3,(H,19,20)/t16-/m0/s1. The first-order valence-corrected chi connectivity index (χ1v) is 7.05. The Hall–Kier alpha value is -2.00. The van der Waals surface area contributed by atoms with Crippen LogP contribution in [0.25, 0.3) is 0 Å². The number of para-hydroxylation sites is 1. The molecule has 0 radical (unpaired) electrons. The first-order valence-electron chi connectivity index (χ1n) is 6.67. The van der Waals surface area contributed by atoms with Crippen molar-refractivity contribution in [2.45, 2.75) is 26.4 Å². The Kier molecular flexibility index (Phi) is 4.86. The van der Waals surface area contributed by atoms with Crippen LogP contribution in [-0.4, -0.2) is 17.2 Å². The van der Waals surface area contributed by atoms with Crippen LogP contribution < -0.4 is 4.74 Å². The second-order valence-corrected chi connectivity index (χ2v) is 5.42. The molecular formula is C17H17ClO3. The highest BCUT2D eigenvalue weighted by Gasteiger charge is 2.21. The first kappa shape index (κ1) is 15.4. The number of hydrogen-bond acceptors (Lipinski definition) is 2. The number of aliphatic carboxylic acids is 1. The Balaban J connectivity index is 2.20. The van der Waals surface area contributed by atoms with Gasteiger partial charge in [0.15, 0.2) is 6.10 Å². The summed E-state index contributed by atoms with van der Waals surface area (Å²) in [7, 11) is 0. The minimum atomic E-state index is -0.979. The number of rotatable bonds is 5. The lowest BCUT2D eigenvalue weighted by atomic mass is 10.0. The number of benzene rings is 2. The monoisotopic (exact) mass is 304 g/mol. The minimum absolute atomic E-state index is 0.298. The van der Waals surface area contributed by atoms with Crippen LogP contribution >= 0.6 is 11.6 Å². The molecule has 0 bridgehead atoms. The molecule has 0 unspecified atom stereocenters. The molecule has 0 aliphatic rings. The van der Waals surface area contributed by atoms with Gasteiger partial charge in [0.25, 0.3) is 0 Å². The van der Waals surface area contributed by atoms with Gasteiger partial charge in [0.05, 0.1) is 0 Å². The third kappa shape index (κ3) is 3.99. The molecular weight excluding hydrogens is 288 g/mol. The normalized spacial score (nSPS) is 12.0.